The number of aromatic nitrogens is 2. The highest BCUT2D eigenvalue weighted by atomic mass is 16.1. The smallest absolute Gasteiger partial charge is 0.244 e. The third kappa shape index (κ3) is 5.33. The minimum Gasteiger partial charge on any atom is -0.325 e. The molecule has 1 amide bonds. The van der Waals surface area contributed by atoms with Gasteiger partial charge in [-0.1, -0.05) is 76.2 Å². The number of nitrogens with one attached hydrogen (secondary N) is 1. The van der Waals surface area contributed by atoms with Gasteiger partial charge in [-0.15, -0.1) is 0 Å². The van der Waals surface area contributed by atoms with Gasteiger partial charge in [0.1, 0.15) is 12.4 Å². The quantitative estimate of drug-likeness (QED) is 0.337. The number of nitrogens with zero attached hydrogens (tertiary/aromatic N) is 2. The van der Waals surface area contributed by atoms with Gasteiger partial charge in [-0.05, 0) is 59.7 Å². The van der Waals surface area contributed by atoms with Crippen LogP contribution < -0.4 is 5.32 Å². The fourth-order valence-corrected chi connectivity index (χ4v) is 4.32. The van der Waals surface area contributed by atoms with Crippen LogP contribution >= 0.6 is 0 Å². The van der Waals surface area contributed by atoms with E-state index in [-0.39, 0.29) is 18.4 Å². The Morgan fingerprint density at radius 2 is 1.58 bits per heavy atom. The summed E-state index contributed by atoms with van der Waals surface area (Å²) in [7, 11) is 0. The minimum absolute atomic E-state index is 0.0527. The SMILES string of the molecule is CCc1ccc(NC(=O)Cn2c(C(C)c3ccc(CC(C)C)cc3)nc3ccccc32)cc1. The van der Waals surface area contributed by atoms with Crippen molar-refractivity contribution in [2.24, 2.45) is 5.92 Å². The van der Waals surface area contributed by atoms with Crippen LogP contribution in [0.15, 0.2) is 72.8 Å². The van der Waals surface area contributed by atoms with E-state index in [0.717, 1.165) is 35.4 Å². The van der Waals surface area contributed by atoms with Gasteiger partial charge in [0, 0.05) is 11.6 Å². The number of fused-ring (bicyclic) bond motifs is 1. The number of hydrogen-bond donors (Lipinski definition) is 1. The first-order chi connectivity index (χ1) is 15.9. The maximum absolute atomic E-state index is 13.0. The van der Waals surface area contributed by atoms with Gasteiger partial charge in [-0.25, -0.2) is 4.98 Å². The lowest BCUT2D eigenvalue weighted by molar-refractivity contribution is -0.116. The molecule has 0 radical (unpaired) electrons. The van der Waals surface area contributed by atoms with Crippen molar-refractivity contribution in [1.29, 1.82) is 0 Å². The highest BCUT2D eigenvalue weighted by Crippen LogP contribution is 2.28. The average Bonchev–Trinajstić information content (AvgIpc) is 3.17. The van der Waals surface area contributed by atoms with Gasteiger partial charge in [0.15, 0.2) is 0 Å². The van der Waals surface area contributed by atoms with Crippen LogP contribution in [0.3, 0.4) is 0 Å². The zero-order valence-electron chi connectivity index (χ0n) is 20.0. The molecule has 1 atom stereocenters. The second kappa shape index (κ2) is 10.0. The number of carbonyl (C=O) groups is 1. The molecule has 1 heterocycles. The number of amides is 1. The number of rotatable bonds is 8. The molecule has 0 saturated heterocycles. The van der Waals surface area contributed by atoms with E-state index in [1.54, 1.807) is 0 Å². The lowest BCUT2D eigenvalue weighted by Gasteiger charge is -2.16. The maximum Gasteiger partial charge on any atom is 0.244 e. The topological polar surface area (TPSA) is 46.9 Å². The molecule has 0 aliphatic heterocycles. The van der Waals surface area contributed by atoms with Crippen LogP contribution in [0.1, 0.15) is 56.1 Å². The van der Waals surface area contributed by atoms with E-state index in [0.29, 0.717) is 5.92 Å². The zero-order chi connectivity index (χ0) is 23.4. The van der Waals surface area contributed by atoms with Crippen molar-refractivity contribution in [2.75, 3.05) is 5.32 Å². The van der Waals surface area contributed by atoms with E-state index in [4.69, 9.17) is 4.98 Å². The second-order valence-corrected chi connectivity index (χ2v) is 9.20. The van der Waals surface area contributed by atoms with Gasteiger partial charge in [-0.2, -0.15) is 0 Å². The summed E-state index contributed by atoms with van der Waals surface area (Å²) in [5.74, 6) is 1.56. The Morgan fingerprint density at radius 3 is 2.24 bits per heavy atom. The van der Waals surface area contributed by atoms with Crippen molar-refractivity contribution in [2.45, 2.75) is 53.0 Å². The molecule has 0 spiro atoms. The fraction of sp³-hybridized carbons (Fsp3) is 0.310. The first-order valence-electron chi connectivity index (χ1n) is 11.9. The van der Waals surface area contributed by atoms with Crippen molar-refractivity contribution in [1.82, 2.24) is 9.55 Å². The van der Waals surface area contributed by atoms with Gasteiger partial charge in [-0.3, -0.25) is 4.79 Å². The third-order valence-corrected chi connectivity index (χ3v) is 6.14. The number of benzene rings is 3. The van der Waals surface area contributed by atoms with Crippen LogP contribution in [0, 0.1) is 5.92 Å². The molecule has 1 unspecified atom stereocenters. The number of anilines is 1. The minimum atomic E-state index is -0.0527. The molecule has 4 aromatic rings. The standard InChI is InChI=1S/C29H33N3O/c1-5-22-12-16-25(17-13-22)30-28(33)19-32-27-9-7-6-8-26(27)31-29(32)21(4)24-14-10-23(11-15-24)18-20(2)3/h6-17,20-21H,5,18-19H2,1-4H3,(H,30,33). The van der Waals surface area contributed by atoms with Gasteiger partial charge in [0.2, 0.25) is 5.91 Å². The van der Waals surface area contributed by atoms with Crippen LogP contribution in [0.5, 0.6) is 0 Å². The van der Waals surface area contributed by atoms with Crippen molar-refractivity contribution in [3.63, 3.8) is 0 Å². The Bertz CT molecular complexity index is 1220. The number of imidazole rings is 1. The molecule has 4 heteroatoms. The molecule has 4 nitrogen and oxygen atoms in total. The first-order valence-corrected chi connectivity index (χ1v) is 11.9. The lowest BCUT2D eigenvalue weighted by atomic mass is 9.96. The normalized spacial score (nSPS) is 12.3. The van der Waals surface area contributed by atoms with Crippen LogP contribution in [0.2, 0.25) is 0 Å². The number of para-hydroxylation sites is 2. The Labute approximate surface area is 196 Å². The van der Waals surface area contributed by atoms with E-state index in [1.807, 2.05) is 36.4 Å². The molecule has 3 aromatic carbocycles. The van der Waals surface area contributed by atoms with Gasteiger partial charge in [0.05, 0.1) is 11.0 Å². The van der Waals surface area contributed by atoms with Gasteiger partial charge < -0.3 is 9.88 Å². The monoisotopic (exact) mass is 439 g/mol. The number of hydrogen-bond acceptors (Lipinski definition) is 2. The van der Waals surface area contributed by atoms with Gasteiger partial charge >= 0.3 is 0 Å². The Balaban J connectivity index is 1.60. The van der Waals surface area contributed by atoms with Crippen LogP contribution in [-0.2, 0) is 24.2 Å². The number of carbonyl (C=O) groups excluding carboxylic acids is 1. The predicted molar refractivity (Wildman–Crippen MR) is 137 cm³/mol. The van der Waals surface area contributed by atoms with Gasteiger partial charge in [0.25, 0.3) is 0 Å². The summed E-state index contributed by atoms with van der Waals surface area (Å²) >= 11 is 0. The molecule has 0 bridgehead atoms. The molecule has 4 rings (SSSR count). The van der Waals surface area contributed by atoms with E-state index in [2.05, 4.69) is 74.0 Å². The molecule has 0 saturated carbocycles. The molecule has 0 aliphatic rings. The highest BCUT2D eigenvalue weighted by Gasteiger charge is 2.20. The van der Waals surface area contributed by atoms with Crippen LogP contribution in [-0.4, -0.2) is 15.5 Å². The summed E-state index contributed by atoms with van der Waals surface area (Å²) in [5.41, 5.74) is 6.52. The molecule has 33 heavy (non-hydrogen) atoms. The second-order valence-electron chi connectivity index (χ2n) is 9.20. The van der Waals surface area contributed by atoms with Crippen LogP contribution in [0.4, 0.5) is 5.69 Å². The third-order valence-electron chi connectivity index (χ3n) is 6.14. The van der Waals surface area contributed by atoms with Crippen molar-refractivity contribution in [3.8, 4) is 0 Å². The summed E-state index contributed by atoms with van der Waals surface area (Å²) in [6.07, 6.45) is 2.06. The molecule has 1 N–H and O–H groups in total. The first kappa shape index (κ1) is 22.8. The van der Waals surface area contributed by atoms with E-state index in [9.17, 15) is 4.79 Å². The molecule has 170 valence electrons. The number of aryl methyl sites for hydroxylation is 1. The summed E-state index contributed by atoms with van der Waals surface area (Å²) in [6.45, 7) is 8.99. The van der Waals surface area contributed by atoms with E-state index >= 15 is 0 Å². The van der Waals surface area contributed by atoms with Crippen molar-refractivity contribution < 1.29 is 4.79 Å². The van der Waals surface area contributed by atoms with Crippen molar-refractivity contribution in [3.05, 3.63) is 95.3 Å². The molecule has 0 fully saturated rings. The Hall–Kier alpha value is -3.40. The molecular weight excluding hydrogens is 406 g/mol. The predicted octanol–water partition coefficient (Wildman–Crippen LogP) is 6.59. The molecule has 0 aliphatic carbocycles. The largest absolute Gasteiger partial charge is 0.325 e. The summed E-state index contributed by atoms with van der Waals surface area (Å²) in [5, 5.41) is 3.04. The lowest BCUT2D eigenvalue weighted by Crippen LogP contribution is -2.21. The van der Waals surface area contributed by atoms with Crippen molar-refractivity contribution >= 4 is 22.6 Å². The molecular formula is C29H33N3O. The maximum atomic E-state index is 13.0. The van der Waals surface area contributed by atoms with Crippen LogP contribution in [0.25, 0.3) is 11.0 Å². The summed E-state index contributed by atoms with van der Waals surface area (Å²) in [4.78, 5) is 17.9. The van der Waals surface area contributed by atoms with E-state index < -0.39 is 0 Å². The fourth-order valence-electron chi connectivity index (χ4n) is 4.32. The molecule has 1 aromatic heterocycles. The summed E-state index contributed by atoms with van der Waals surface area (Å²) < 4.78 is 2.05. The highest BCUT2D eigenvalue weighted by molar-refractivity contribution is 5.91. The van der Waals surface area contributed by atoms with E-state index in [1.165, 1.54) is 16.7 Å². The average molecular weight is 440 g/mol. The Morgan fingerprint density at radius 1 is 0.909 bits per heavy atom. The zero-order valence-corrected chi connectivity index (χ0v) is 20.0. The Kier molecular flexibility index (Phi) is 6.93. The summed E-state index contributed by atoms with van der Waals surface area (Å²) in [6, 6.07) is 24.9.